The van der Waals surface area contributed by atoms with Crippen molar-refractivity contribution < 1.29 is 0 Å². The molecule has 0 unspecified atom stereocenters. The zero-order valence-corrected chi connectivity index (χ0v) is 15.8. The van der Waals surface area contributed by atoms with E-state index in [1.54, 1.807) is 6.20 Å². The smallest absolute Gasteiger partial charge is 0.152 e. The minimum absolute atomic E-state index is 0.141. The van der Waals surface area contributed by atoms with Crippen molar-refractivity contribution in [2.24, 2.45) is 5.92 Å². The third-order valence-corrected chi connectivity index (χ3v) is 5.95. The Morgan fingerprint density at radius 1 is 1.21 bits per heavy atom. The number of nitrogen functional groups attached to an aromatic ring is 1. The lowest BCUT2D eigenvalue weighted by molar-refractivity contribution is 0.122. The number of H-pyrrole nitrogens is 1. The monoisotopic (exact) mass is 384 g/mol. The Bertz CT molecular complexity index is 1270. The van der Waals surface area contributed by atoms with Crippen LogP contribution in [-0.4, -0.2) is 42.7 Å². The third-order valence-electron chi connectivity index (χ3n) is 5.95. The molecule has 0 bridgehead atoms. The van der Waals surface area contributed by atoms with Crippen LogP contribution >= 0.6 is 0 Å². The molecule has 3 aromatic heterocycles. The fourth-order valence-electron chi connectivity index (χ4n) is 4.32. The lowest BCUT2D eigenvalue weighted by Gasteiger charge is -2.34. The molecule has 2 aliphatic rings. The molecule has 6 rings (SSSR count). The van der Waals surface area contributed by atoms with Gasteiger partial charge in [-0.15, -0.1) is 0 Å². The average molecular weight is 384 g/mol. The van der Waals surface area contributed by atoms with E-state index in [0.29, 0.717) is 11.9 Å². The van der Waals surface area contributed by atoms with Gasteiger partial charge in [0.15, 0.2) is 5.82 Å². The van der Waals surface area contributed by atoms with E-state index < -0.39 is 0 Å². The number of imidazole rings is 1. The van der Waals surface area contributed by atoms with Crippen LogP contribution in [-0.2, 0) is 6.54 Å². The number of likely N-dealkylation sites (tertiary alicyclic amines) is 1. The summed E-state index contributed by atoms with van der Waals surface area (Å²) in [4.78, 5) is 11.8. The Kier molecular flexibility index (Phi) is 3.43. The van der Waals surface area contributed by atoms with Crippen molar-refractivity contribution in [3.63, 3.8) is 0 Å². The quantitative estimate of drug-likeness (QED) is 0.559. The SMILES string of the molecule is N#CC1CN(Cc2nc3c(N)nc4cc(-c5ccn[nH]5)ccc4c3n2C2CC2)C1. The normalized spacial score (nSPS) is 17.6. The molecule has 1 saturated heterocycles. The van der Waals surface area contributed by atoms with E-state index in [1.807, 2.05) is 6.07 Å². The number of hydrogen-bond acceptors (Lipinski definition) is 6. The summed E-state index contributed by atoms with van der Waals surface area (Å²) in [6, 6.07) is 11.0. The van der Waals surface area contributed by atoms with Crippen LogP contribution in [0.25, 0.3) is 33.2 Å². The summed E-state index contributed by atoms with van der Waals surface area (Å²) in [5.41, 5.74) is 11.1. The number of aromatic nitrogens is 5. The number of rotatable bonds is 4. The molecule has 1 aliphatic heterocycles. The highest BCUT2D eigenvalue weighted by Gasteiger charge is 2.33. The highest BCUT2D eigenvalue weighted by molar-refractivity contribution is 6.07. The Balaban J connectivity index is 1.51. The summed E-state index contributed by atoms with van der Waals surface area (Å²) >= 11 is 0. The van der Waals surface area contributed by atoms with Crippen molar-refractivity contribution in [1.82, 2.24) is 29.6 Å². The van der Waals surface area contributed by atoms with Crippen molar-refractivity contribution in [3.8, 4) is 17.3 Å². The van der Waals surface area contributed by atoms with Crippen molar-refractivity contribution >= 4 is 27.8 Å². The van der Waals surface area contributed by atoms with Crippen LogP contribution in [0.1, 0.15) is 24.7 Å². The number of nitrogens with two attached hydrogens (primary N) is 1. The minimum atomic E-state index is 0.141. The van der Waals surface area contributed by atoms with Gasteiger partial charge in [-0.2, -0.15) is 10.4 Å². The second kappa shape index (κ2) is 6.03. The number of pyridine rings is 1. The van der Waals surface area contributed by atoms with Gasteiger partial charge in [0.25, 0.3) is 0 Å². The van der Waals surface area contributed by atoms with Gasteiger partial charge in [0, 0.05) is 36.3 Å². The number of hydrogen-bond donors (Lipinski definition) is 2. The van der Waals surface area contributed by atoms with Crippen LogP contribution in [0.5, 0.6) is 0 Å². The van der Waals surface area contributed by atoms with Crippen LogP contribution in [0.3, 0.4) is 0 Å². The van der Waals surface area contributed by atoms with Crippen LogP contribution in [0.15, 0.2) is 30.5 Å². The van der Waals surface area contributed by atoms with Gasteiger partial charge in [-0.3, -0.25) is 10.00 Å². The first-order chi connectivity index (χ1) is 14.2. The predicted octanol–water partition coefficient (Wildman–Crippen LogP) is 2.85. The standard InChI is InChI=1S/C21H20N8/c22-8-12-9-28(10-12)11-18-26-19-20(29(18)14-2-3-14)15-4-1-13(16-5-6-24-27-16)7-17(15)25-21(19)23/h1,4-7,12,14H,2-3,9-11H2,(H2,23,25)(H,24,27). The number of anilines is 1. The Labute approximate surface area is 167 Å². The second-order valence-electron chi connectivity index (χ2n) is 8.05. The largest absolute Gasteiger partial charge is 0.382 e. The maximum atomic E-state index is 9.05. The Hall–Kier alpha value is -3.44. The highest BCUT2D eigenvalue weighted by atomic mass is 15.2. The number of benzene rings is 1. The lowest BCUT2D eigenvalue weighted by Crippen LogP contribution is -2.45. The molecule has 4 aromatic rings. The van der Waals surface area contributed by atoms with E-state index in [4.69, 9.17) is 16.0 Å². The number of nitrogens with one attached hydrogen (secondary N) is 1. The van der Waals surface area contributed by atoms with E-state index in [9.17, 15) is 0 Å². The van der Waals surface area contributed by atoms with Gasteiger partial charge < -0.3 is 10.3 Å². The maximum absolute atomic E-state index is 9.05. The molecule has 29 heavy (non-hydrogen) atoms. The van der Waals surface area contributed by atoms with Crippen LogP contribution in [0, 0.1) is 17.2 Å². The van der Waals surface area contributed by atoms with E-state index in [1.165, 1.54) is 0 Å². The third kappa shape index (κ3) is 2.58. The average Bonchev–Trinajstić information content (AvgIpc) is 3.23. The molecule has 0 spiro atoms. The summed E-state index contributed by atoms with van der Waals surface area (Å²) in [5.74, 6) is 1.63. The molecule has 3 N–H and O–H groups in total. The van der Waals surface area contributed by atoms with Gasteiger partial charge >= 0.3 is 0 Å². The molecular weight excluding hydrogens is 364 g/mol. The summed E-state index contributed by atoms with van der Waals surface area (Å²) in [6.45, 7) is 2.37. The molecule has 144 valence electrons. The first-order valence-corrected chi connectivity index (χ1v) is 9.93. The van der Waals surface area contributed by atoms with E-state index in [2.05, 4.69) is 48.9 Å². The van der Waals surface area contributed by atoms with Gasteiger partial charge in [0.05, 0.1) is 35.3 Å². The summed E-state index contributed by atoms with van der Waals surface area (Å²) in [5, 5.41) is 17.2. The van der Waals surface area contributed by atoms with Gasteiger partial charge in [0.2, 0.25) is 0 Å². The molecule has 8 nitrogen and oxygen atoms in total. The van der Waals surface area contributed by atoms with Crippen LogP contribution in [0.2, 0.25) is 0 Å². The zero-order valence-electron chi connectivity index (χ0n) is 15.8. The first-order valence-electron chi connectivity index (χ1n) is 9.93. The van der Waals surface area contributed by atoms with Gasteiger partial charge in [-0.1, -0.05) is 6.07 Å². The minimum Gasteiger partial charge on any atom is -0.382 e. The van der Waals surface area contributed by atoms with Gasteiger partial charge in [-0.25, -0.2) is 9.97 Å². The van der Waals surface area contributed by atoms with Gasteiger partial charge in [0.1, 0.15) is 11.3 Å². The van der Waals surface area contributed by atoms with Crippen molar-refractivity contribution in [3.05, 3.63) is 36.3 Å². The van der Waals surface area contributed by atoms with Crippen molar-refractivity contribution in [2.75, 3.05) is 18.8 Å². The van der Waals surface area contributed by atoms with Gasteiger partial charge in [-0.05, 0) is 31.0 Å². The molecule has 2 fully saturated rings. The molecule has 1 saturated carbocycles. The molecule has 8 heteroatoms. The predicted molar refractivity (Wildman–Crippen MR) is 110 cm³/mol. The fraction of sp³-hybridized carbons (Fsp3) is 0.333. The summed E-state index contributed by atoms with van der Waals surface area (Å²) in [6.07, 6.45) is 4.07. The highest BCUT2D eigenvalue weighted by Crippen LogP contribution is 2.42. The van der Waals surface area contributed by atoms with E-state index in [-0.39, 0.29) is 5.92 Å². The molecule has 0 radical (unpaired) electrons. The molecule has 1 aliphatic carbocycles. The molecular formula is C21H20N8. The maximum Gasteiger partial charge on any atom is 0.152 e. The van der Waals surface area contributed by atoms with Crippen LogP contribution < -0.4 is 5.73 Å². The van der Waals surface area contributed by atoms with Crippen molar-refractivity contribution in [2.45, 2.75) is 25.4 Å². The molecule has 1 aromatic carbocycles. The molecule has 0 atom stereocenters. The number of nitrogens with zero attached hydrogens (tertiary/aromatic N) is 6. The molecule has 0 amide bonds. The number of aromatic amines is 1. The lowest BCUT2D eigenvalue weighted by atomic mass is 10.0. The van der Waals surface area contributed by atoms with E-state index in [0.717, 1.165) is 71.5 Å². The summed E-state index contributed by atoms with van der Waals surface area (Å²) in [7, 11) is 0. The summed E-state index contributed by atoms with van der Waals surface area (Å²) < 4.78 is 2.37. The van der Waals surface area contributed by atoms with Crippen LogP contribution in [0.4, 0.5) is 5.82 Å². The molecule has 4 heterocycles. The van der Waals surface area contributed by atoms with Crippen molar-refractivity contribution in [1.29, 1.82) is 5.26 Å². The first kappa shape index (κ1) is 16.5. The topological polar surface area (TPSA) is 112 Å². The number of nitriles is 1. The fourth-order valence-corrected chi connectivity index (χ4v) is 4.32. The van der Waals surface area contributed by atoms with E-state index >= 15 is 0 Å². The number of fused-ring (bicyclic) bond motifs is 3. The Morgan fingerprint density at radius 3 is 2.79 bits per heavy atom. The zero-order chi connectivity index (χ0) is 19.5. The second-order valence-corrected chi connectivity index (χ2v) is 8.05. The Morgan fingerprint density at radius 2 is 2.07 bits per heavy atom.